The van der Waals surface area contributed by atoms with Gasteiger partial charge in [0, 0.05) is 12.5 Å². The van der Waals surface area contributed by atoms with Crippen molar-refractivity contribution in [2.75, 3.05) is 7.11 Å². The van der Waals surface area contributed by atoms with Gasteiger partial charge in [-0.2, -0.15) is 0 Å². The third-order valence-electron chi connectivity index (χ3n) is 2.81. The Morgan fingerprint density at radius 3 is 2.17 bits per heavy atom. The topological polar surface area (TPSA) is 81.4 Å². The zero-order valence-electron chi connectivity index (χ0n) is 12.0. The molecule has 3 N–H and O–H groups in total. The molecule has 0 spiro atoms. The van der Waals surface area contributed by atoms with Gasteiger partial charge in [0.05, 0.1) is 7.11 Å². The molecule has 0 bridgehead atoms. The first-order valence-electron chi connectivity index (χ1n) is 6.40. The predicted molar refractivity (Wildman–Crippen MR) is 70.8 cm³/mol. The Hall–Kier alpha value is -1.10. The molecule has 0 radical (unpaired) electrons. The Morgan fingerprint density at radius 2 is 1.78 bits per heavy atom. The van der Waals surface area contributed by atoms with Crippen molar-refractivity contribution in [2.24, 2.45) is 17.6 Å². The van der Waals surface area contributed by atoms with Gasteiger partial charge in [0.25, 0.3) is 0 Å². The van der Waals surface area contributed by atoms with E-state index in [-0.39, 0.29) is 24.3 Å². The number of rotatable bonds is 7. The molecule has 5 nitrogen and oxygen atoms in total. The Kier molecular flexibility index (Phi) is 7.59. The van der Waals surface area contributed by atoms with Crippen LogP contribution in [0.2, 0.25) is 0 Å². The fourth-order valence-corrected chi connectivity index (χ4v) is 1.53. The molecule has 0 fully saturated rings. The molecule has 1 unspecified atom stereocenters. The SMILES string of the molecule is COC(=O)[C@H](CC(C)C)NC(=O)CC(N)C(C)C. The first-order valence-corrected chi connectivity index (χ1v) is 6.40. The van der Waals surface area contributed by atoms with Crippen LogP contribution >= 0.6 is 0 Å². The van der Waals surface area contributed by atoms with Crippen molar-refractivity contribution in [2.45, 2.75) is 52.6 Å². The highest BCUT2D eigenvalue weighted by Crippen LogP contribution is 2.08. The summed E-state index contributed by atoms with van der Waals surface area (Å²) < 4.78 is 4.68. The number of nitrogens with two attached hydrogens (primary N) is 1. The van der Waals surface area contributed by atoms with E-state index in [1.807, 2.05) is 27.7 Å². The molecule has 0 rings (SSSR count). The number of hydrogen-bond acceptors (Lipinski definition) is 4. The molecular weight excluding hydrogens is 232 g/mol. The van der Waals surface area contributed by atoms with Gasteiger partial charge in [-0.05, 0) is 18.3 Å². The van der Waals surface area contributed by atoms with Crippen LogP contribution in [-0.2, 0) is 14.3 Å². The number of carbonyl (C=O) groups is 2. The maximum absolute atomic E-state index is 11.8. The highest BCUT2D eigenvalue weighted by molar-refractivity contribution is 5.84. The Balaban J connectivity index is 4.39. The molecule has 5 heteroatoms. The molecule has 0 aliphatic carbocycles. The molecule has 106 valence electrons. The van der Waals surface area contributed by atoms with Crippen LogP contribution in [0.1, 0.15) is 40.5 Å². The van der Waals surface area contributed by atoms with Crippen molar-refractivity contribution < 1.29 is 14.3 Å². The largest absolute Gasteiger partial charge is 0.467 e. The average Bonchev–Trinajstić information content (AvgIpc) is 2.26. The van der Waals surface area contributed by atoms with Gasteiger partial charge in [-0.15, -0.1) is 0 Å². The summed E-state index contributed by atoms with van der Waals surface area (Å²) in [5, 5.41) is 2.69. The molecular formula is C13H26N2O3. The van der Waals surface area contributed by atoms with Crippen LogP contribution in [0.5, 0.6) is 0 Å². The van der Waals surface area contributed by atoms with E-state index in [1.54, 1.807) is 0 Å². The zero-order chi connectivity index (χ0) is 14.3. The summed E-state index contributed by atoms with van der Waals surface area (Å²) in [6.07, 6.45) is 0.790. The third-order valence-corrected chi connectivity index (χ3v) is 2.81. The molecule has 1 amide bonds. The molecule has 0 aliphatic rings. The summed E-state index contributed by atoms with van der Waals surface area (Å²) >= 11 is 0. The predicted octanol–water partition coefficient (Wildman–Crippen LogP) is 1.06. The Bertz CT molecular complexity index is 277. The molecule has 0 heterocycles. The fourth-order valence-electron chi connectivity index (χ4n) is 1.53. The van der Waals surface area contributed by atoms with Crippen LogP contribution in [0.25, 0.3) is 0 Å². The molecule has 0 aliphatic heterocycles. The highest BCUT2D eigenvalue weighted by Gasteiger charge is 2.23. The lowest BCUT2D eigenvalue weighted by Crippen LogP contribution is -2.44. The lowest BCUT2D eigenvalue weighted by molar-refractivity contribution is -0.145. The van der Waals surface area contributed by atoms with Crippen molar-refractivity contribution in [3.05, 3.63) is 0 Å². The monoisotopic (exact) mass is 258 g/mol. The second kappa shape index (κ2) is 8.08. The summed E-state index contributed by atoms with van der Waals surface area (Å²) in [6.45, 7) is 7.90. The molecule has 2 atom stereocenters. The number of hydrogen-bond donors (Lipinski definition) is 2. The number of esters is 1. The highest BCUT2D eigenvalue weighted by atomic mass is 16.5. The van der Waals surface area contributed by atoms with Crippen molar-refractivity contribution in [1.82, 2.24) is 5.32 Å². The standard InChI is InChI=1S/C13H26N2O3/c1-8(2)6-11(13(17)18-5)15-12(16)7-10(14)9(3)4/h8-11H,6-7,14H2,1-5H3,(H,15,16)/t10?,11-/m0/s1. The van der Waals surface area contributed by atoms with E-state index >= 15 is 0 Å². The lowest BCUT2D eigenvalue weighted by atomic mass is 10.0. The van der Waals surface area contributed by atoms with Crippen LogP contribution in [0.3, 0.4) is 0 Å². The smallest absolute Gasteiger partial charge is 0.328 e. The molecule has 0 saturated carbocycles. The van der Waals surface area contributed by atoms with E-state index < -0.39 is 12.0 Å². The van der Waals surface area contributed by atoms with Gasteiger partial charge in [0.1, 0.15) is 6.04 Å². The second-order valence-corrected chi connectivity index (χ2v) is 5.38. The normalized spacial score (nSPS) is 14.4. The van der Waals surface area contributed by atoms with Gasteiger partial charge < -0.3 is 15.8 Å². The van der Waals surface area contributed by atoms with E-state index in [0.717, 1.165) is 0 Å². The van der Waals surface area contributed by atoms with Gasteiger partial charge >= 0.3 is 5.97 Å². The molecule has 0 aromatic carbocycles. The van der Waals surface area contributed by atoms with Gasteiger partial charge in [0.2, 0.25) is 5.91 Å². The van der Waals surface area contributed by atoms with Crippen molar-refractivity contribution in [1.29, 1.82) is 0 Å². The number of ether oxygens (including phenoxy) is 1. The van der Waals surface area contributed by atoms with E-state index in [9.17, 15) is 9.59 Å². The second-order valence-electron chi connectivity index (χ2n) is 5.38. The minimum Gasteiger partial charge on any atom is -0.467 e. The van der Waals surface area contributed by atoms with Crippen LogP contribution in [0, 0.1) is 11.8 Å². The van der Waals surface area contributed by atoms with Crippen LogP contribution < -0.4 is 11.1 Å². The summed E-state index contributed by atoms with van der Waals surface area (Å²) in [5.41, 5.74) is 5.83. The molecule has 0 aromatic rings. The quantitative estimate of drug-likeness (QED) is 0.669. The average molecular weight is 258 g/mol. The first-order chi connectivity index (χ1) is 8.27. The van der Waals surface area contributed by atoms with Gasteiger partial charge in [-0.3, -0.25) is 4.79 Å². The van der Waals surface area contributed by atoms with E-state index in [1.165, 1.54) is 7.11 Å². The Labute approximate surface area is 109 Å². The number of nitrogens with one attached hydrogen (secondary N) is 1. The van der Waals surface area contributed by atoms with Crippen molar-refractivity contribution in [3.63, 3.8) is 0 Å². The van der Waals surface area contributed by atoms with Crippen LogP contribution in [-0.4, -0.2) is 31.1 Å². The number of carbonyl (C=O) groups excluding carboxylic acids is 2. The van der Waals surface area contributed by atoms with E-state index in [4.69, 9.17) is 5.73 Å². The van der Waals surface area contributed by atoms with E-state index in [0.29, 0.717) is 12.3 Å². The number of amides is 1. The zero-order valence-corrected chi connectivity index (χ0v) is 12.0. The minimum absolute atomic E-state index is 0.192. The Morgan fingerprint density at radius 1 is 1.22 bits per heavy atom. The minimum atomic E-state index is -0.582. The first kappa shape index (κ1) is 16.9. The van der Waals surface area contributed by atoms with Gasteiger partial charge in [-0.25, -0.2) is 4.79 Å². The maximum Gasteiger partial charge on any atom is 0.328 e. The summed E-state index contributed by atoms with van der Waals surface area (Å²) in [4.78, 5) is 23.3. The fraction of sp³-hybridized carbons (Fsp3) is 0.846. The lowest BCUT2D eigenvalue weighted by Gasteiger charge is -2.20. The van der Waals surface area contributed by atoms with Gasteiger partial charge in [0.15, 0.2) is 0 Å². The molecule has 0 aromatic heterocycles. The summed E-state index contributed by atoms with van der Waals surface area (Å²) in [6, 6.07) is -0.774. The maximum atomic E-state index is 11.8. The van der Waals surface area contributed by atoms with Gasteiger partial charge in [-0.1, -0.05) is 27.7 Å². The molecule has 18 heavy (non-hydrogen) atoms. The van der Waals surface area contributed by atoms with Crippen LogP contribution in [0.4, 0.5) is 0 Å². The third kappa shape index (κ3) is 6.59. The van der Waals surface area contributed by atoms with Crippen molar-refractivity contribution >= 4 is 11.9 Å². The van der Waals surface area contributed by atoms with Crippen LogP contribution in [0.15, 0.2) is 0 Å². The van der Waals surface area contributed by atoms with E-state index in [2.05, 4.69) is 10.1 Å². The van der Waals surface area contributed by atoms with Crippen molar-refractivity contribution in [3.8, 4) is 0 Å². The molecule has 0 saturated heterocycles. The summed E-state index contributed by atoms with van der Waals surface area (Å²) in [5.74, 6) is -0.0759. The number of methoxy groups -OCH3 is 1. The summed E-state index contributed by atoms with van der Waals surface area (Å²) in [7, 11) is 1.32.